The van der Waals surface area contributed by atoms with E-state index in [1.807, 2.05) is 18.9 Å². The number of hydrogen-bond acceptors (Lipinski definition) is 4. The number of alkyl halides is 2. The molecule has 0 aromatic heterocycles. The summed E-state index contributed by atoms with van der Waals surface area (Å²) in [6, 6.07) is 4.83. The van der Waals surface area contributed by atoms with E-state index in [-0.39, 0.29) is 36.3 Å². The molecule has 0 radical (unpaired) electrons. The van der Waals surface area contributed by atoms with E-state index in [2.05, 4.69) is 15.0 Å². The van der Waals surface area contributed by atoms with E-state index < -0.39 is 6.61 Å². The number of halogens is 3. The molecule has 0 amide bonds. The van der Waals surface area contributed by atoms with E-state index in [0.29, 0.717) is 37.0 Å². The Morgan fingerprint density at radius 1 is 1.36 bits per heavy atom. The second-order valence-corrected chi connectivity index (χ2v) is 6.46. The Balaban J connectivity index is 0.00000392. The molecule has 1 N–H and O–H groups in total. The summed E-state index contributed by atoms with van der Waals surface area (Å²) in [4.78, 5) is 6.51. The number of benzene rings is 1. The summed E-state index contributed by atoms with van der Waals surface area (Å²) in [6.07, 6.45) is 2.54. The molecule has 0 bridgehead atoms. The van der Waals surface area contributed by atoms with Crippen molar-refractivity contribution in [3.63, 3.8) is 0 Å². The number of methoxy groups -OCH3 is 1. The molecule has 1 saturated carbocycles. The molecule has 1 fully saturated rings. The lowest BCUT2D eigenvalue weighted by molar-refractivity contribution is -0.0505. The maximum atomic E-state index is 12.7. The summed E-state index contributed by atoms with van der Waals surface area (Å²) in [5.41, 5.74) is 0.560. The first-order valence-electron chi connectivity index (χ1n) is 9.22. The van der Waals surface area contributed by atoms with Crippen molar-refractivity contribution in [1.82, 2.24) is 10.2 Å². The Labute approximate surface area is 182 Å². The molecule has 0 saturated heterocycles. The van der Waals surface area contributed by atoms with Gasteiger partial charge in [-0.3, -0.25) is 0 Å². The van der Waals surface area contributed by atoms with Gasteiger partial charge in [0.1, 0.15) is 11.5 Å². The molecule has 1 aliphatic carbocycles. The molecule has 1 aromatic rings. The van der Waals surface area contributed by atoms with Gasteiger partial charge in [0.15, 0.2) is 5.96 Å². The maximum absolute atomic E-state index is 12.7. The minimum Gasteiger partial charge on any atom is -0.497 e. The Hall–Kier alpha value is -1.36. The Morgan fingerprint density at radius 3 is 2.71 bits per heavy atom. The van der Waals surface area contributed by atoms with Gasteiger partial charge < -0.3 is 24.4 Å². The summed E-state index contributed by atoms with van der Waals surface area (Å²) < 4.78 is 40.7. The van der Waals surface area contributed by atoms with Crippen LogP contribution in [0.4, 0.5) is 8.78 Å². The van der Waals surface area contributed by atoms with E-state index in [1.54, 1.807) is 12.1 Å². The van der Waals surface area contributed by atoms with E-state index in [9.17, 15) is 8.78 Å². The monoisotopic (exact) mass is 513 g/mol. The van der Waals surface area contributed by atoms with E-state index in [4.69, 9.17) is 9.47 Å². The van der Waals surface area contributed by atoms with Gasteiger partial charge >= 0.3 is 6.61 Å². The second kappa shape index (κ2) is 13.0. The fourth-order valence-corrected chi connectivity index (χ4v) is 2.47. The van der Waals surface area contributed by atoms with Crippen molar-refractivity contribution in [3.05, 3.63) is 23.8 Å². The summed E-state index contributed by atoms with van der Waals surface area (Å²) in [7, 11) is 3.40. The molecule has 2 rings (SSSR count). The van der Waals surface area contributed by atoms with E-state index in [0.717, 1.165) is 12.5 Å². The number of likely N-dealkylation sites (N-methyl/N-ethyl adjacent to an activating group) is 1. The van der Waals surface area contributed by atoms with Crippen molar-refractivity contribution in [3.8, 4) is 11.5 Å². The van der Waals surface area contributed by atoms with Gasteiger partial charge in [-0.25, -0.2) is 4.99 Å². The number of guanidine groups is 1. The lowest BCUT2D eigenvalue weighted by Gasteiger charge is -2.22. The van der Waals surface area contributed by atoms with Crippen LogP contribution in [0.15, 0.2) is 23.2 Å². The molecular weight excluding hydrogens is 483 g/mol. The Bertz CT molecular complexity index is 616. The highest BCUT2D eigenvalue weighted by molar-refractivity contribution is 14.0. The normalized spacial score (nSPS) is 13.9. The lowest BCUT2D eigenvalue weighted by Crippen LogP contribution is -2.40. The number of nitrogens with one attached hydrogen (secondary N) is 1. The minimum absolute atomic E-state index is 0. The molecule has 28 heavy (non-hydrogen) atoms. The summed E-state index contributed by atoms with van der Waals surface area (Å²) in [5, 5.41) is 3.20. The number of aliphatic imine (C=N–C) groups is 1. The highest BCUT2D eigenvalue weighted by Gasteiger charge is 2.21. The van der Waals surface area contributed by atoms with E-state index >= 15 is 0 Å². The van der Waals surface area contributed by atoms with Crippen LogP contribution < -0.4 is 14.8 Å². The molecule has 160 valence electrons. The van der Waals surface area contributed by atoms with Crippen molar-refractivity contribution >= 4 is 29.9 Å². The van der Waals surface area contributed by atoms with E-state index in [1.165, 1.54) is 26.0 Å². The predicted octanol–water partition coefficient (Wildman–Crippen LogP) is 3.74. The van der Waals surface area contributed by atoms with Crippen molar-refractivity contribution in [2.24, 2.45) is 10.9 Å². The van der Waals surface area contributed by atoms with Crippen LogP contribution in [-0.4, -0.2) is 57.9 Å². The van der Waals surface area contributed by atoms with Gasteiger partial charge in [-0.2, -0.15) is 8.78 Å². The largest absolute Gasteiger partial charge is 0.497 e. The molecule has 1 aromatic carbocycles. The molecular formula is C19H30F2IN3O3. The average Bonchev–Trinajstić information content (AvgIpc) is 3.46. The highest BCUT2D eigenvalue weighted by Crippen LogP contribution is 2.29. The van der Waals surface area contributed by atoms with Crippen molar-refractivity contribution in [2.45, 2.75) is 32.9 Å². The van der Waals surface area contributed by atoms with Crippen LogP contribution in [-0.2, 0) is 11.3 Å². The van der Waals surface area contributed by atoms with Crippen LogP contribution in [0.2, 0.25) is 0 Å². The molecule has 0 aliphatic heterocycles. The SMILES string of the molecule is CCNC(=NCc1ccc(OC)cc1OC(F)F)N(C)CCOCC1CC1.I. The summed E-state index contributed by atoms with van der Waals surface area (Å²) >= 11 is 0. The summed E-state index contributed by atoms with van der Waals surface area (Å²) in [6.45, 7) is 2.13. The van der Waals surface area contributed by atoms with Crippen LogP contribution in [0.1, 0.15) is 25.3 Å². The predicted molar refractivity (Wildman–Crippen MR) is 116 cm³/mol. The van der Waals surface area contributed by atoms with Crippen LogP contribution in [0.25, 0.3) is 0 Å². The van der Waals surface area contributed by atoms with Crippen LogP contribution >= 0.6 is 24.0 Å². The highest BCUT2D eigenvalue weighted by atomic mass is 127. The first kappa shape index (κ1) is 24.7. The van der Waals surface area contributed by atoms with Crippen molar-refractivity contribution in [1.29, 1.82) is 0 Å². The Kier molecular flexibility index (Phi) is 11.4. The zero-order valence-corrected chi connectivity index (χ0v) is 19.0. The molecule has 0 atom stereocenters. The van der Waals surface area contributed by atoms with Gasteiger partial charge in [0.05, 0.1) is 20.3 Å². The third-order valence-corrected chi connectivity index (χ3v) is 4.21. The quantitative estimate of drug-likeness (QED) is 0.212. The Morgan fingerprint density at radius 2 is 2.11 bits per heavy atom. The van der Waals surface area contributed by atoms with Crippen LogP contribution in [0.3, 0.4) is 0 Å². The van der Waals surface area contributed by atoms with Gasteiger partial charge in [-0.1, -0.05) is 0 Å². The zero-order valence-electron chi connectivity index (χ0n) is 16.6. The van der Waals surface area contributed by atoms with Crippen LogP contribution in [0.5, 0.6) is 11.5 Å². The third kappa shape index (κ3) is 8.76. The number of ether oxygens (including phenoxy) is 3. The molecule has 6 nitrogen and oxygen atoms in total. The average molecular weight is 513 g/mol. The second-order valence-electron chi connectivity index (χ2n) is 6.46. The minimum atomic E-state index is -2.90. The van der Waals surface area contributed by atoms with Gasteiger partial charge in [0.25, 0.3) is 0 Å². The molecule has 9 heteroatoms. The van der Waals surface area contributed by atoms with Crippen molar-refractivity contribution < 1.29 is 23.0 Å². The maximum Gasteiger partial charge on any atom is 0.387 e. The molecule has 0 heterocycles. The fourth-order valence-electron chi connectivity index (χ4n) is 2.47. The smallest absolute Gasteiger partial charge is 0.387 e. The first-order chi connectivity index (χ1) is 13.0. The van der Waals surface area contributed by atoms with Gasteiger partial charge in [-0.05, 0) is 37.8 Å². The molecule has 0 spiro atoms. The van der Waals surface area contributed by atoms with Gasteiger partial charge in [0.2, 0.25) is 0 Å². The van der Waals surface area contributed by atoms with Gasteiger partial charge in [-0.15, -0.1) is 24.0 Å². The first-order valence-corrected chi connectivity index (χ1v) is 9.22. The zero-order chi connectivity index (χ0) is 19.6. The lowest BCUT2D eigenvalue weighted by atomic mass is 10.2. The standard InChI is InChI=1S/C19H29F2N3O3.HI/c1-4-22-19(24(2)9-10-26-13-14-5-6-14)23-12-15-7-8-16(25-3)11-17(15)27-18(20)21;/h7-8,11,14,18H,4-6,9-10,12-13H2,1-3H3,(H,22,23);1H. The molecule has 0 unspecified atom stereocenters. The van der Waals surface area contributed by atoms with Crippen LogP contribution in [0, 0.1) is 5.92 Å². The van der Waals surface area contributed by atoms with Crippen molar-refractivity contribution in [2.75, 3.05) is 40.5 Å². The number of nitrogens with zero attached hydrogens (tertiary/aromatic N) is 2. The topological polar surface area (TPSA) is 55.3 Å². The number of hydrogen-bond donors (Lipinski definition) is 1. The van der Waals surface area contributed by atoms with Gasteiger partial charge in [0, 0.05) is 38.4 Å². The molecule has 1 aliphatic rings. The fraction of sp³-hybridized carbons (Fsp3) is 0.632. The summed E-state index contributed by atoms with van der Waals surface area (Å²) in [5.74, 6) is 1.95. The third-order valence-electron chi connectivity index (χ3n) is 4.21. The number of rotatable bonds is 11.